The lowest BCUT2D eigenvalue weighted by atomic mass is 9.93. The number of rotatable bonds is 3. The number of piperidine rings is 1. The second-order valence-corrected chi connectivity index (χ2v) is 4.73. The molecule has 1 aliphatic heterocycles. The second kappa shape index (κ2) is 5.46. The summed E-state index contributed by atoms with van der Waals surface area (Å²) in [7, 11) is 0. The summed E-state index contributed by atoms with van der Waals surface area (Å²) >= 11 is 0. The predicted molar refractivity (Wildman–Crippen MR) is 66.4 cm³/mol. The first-order chi connectivity index (χ1) is 7.77. The first-order valence-corrected chi connectivity index (χ1v) is 6.26. The maximum Gasteiger partial charge on any atom is 0.0764 e. The van der Waals surface area contributed by atoms with Crippen molar-refractivity contribution in [2.24, 2.45) is 0 Å². The smallest absolute Gasteiger partial charge is 0.0764 e. The third-order valence-corrected chi connectivity index (χ3v) is 3.38. The van der Waals surface area contributed by atoms with Crippen LogP contribution in [0, 0.1) is 0 Å². The van der Waals surface area contributed by atoms with Crippen molar-refractivity contribution in [1.29, 1.82) is 0 Å². The van der Waals surface area contributed by atoms with Gasteiger partial charge >= 0.3 is 0 Å². The van der Waals surface area contributed by atoms with Crippen LogP contribution in [0.3, 0.4) is 0 Å². The lowest BCUT2D eigenvalue weighted by molar-refractivity contribution is 0.197. The highest BCUT2D eigenvalue weighted by atomic mass is 16.3. The van der Waals surface area contributed by atoms with Crippen LogP contribution in [0.25, 0.3) is 0 Å². The maximum atomic E-state index is 9.71. The molecular formula is C14H21NO. The van der Waals surface area contributed by atoms with Crippen molar-refractivity contribution in [3.8, 4) is 0 Å². The minimum absolute atomic E-state index is 0.361. The van der Waals surface area contributed by atoms with Gasteiger partial charge in [-0.25, -0.2) is 0 Å². The number of hydrogen-bond acceptors (Lipinski definition) is 2. The summed E-state index contributed by atoms with van der Waals surface area (Å²) in [5.74, 6) is 0. The Labute approximate surface area is 97.7 Å². The van der Waals surface area contributed by atoms with Crippen LogP contribution in [-0.2, 0) is 6.42 Å². The van der Waals surface area contributed by atoms with Crippen LogP contribution < -0.4 is 5.32 Å². The van der Waals surface area contributed by atoms with Gasteiger partial charge in [0.2, 0.25) is 0 Å². The largest absolute Gasteiger partial charge is 0.389 e. The van der Waals surface area contributed by atoms with Crippen molar-refractivity contribution in [2.45, 2.75) is 44.8 Å². The van der Waals surface area contributed by atoms with E-state index in [-0.39, 0.29) is 6.10 Å². The number of aliphatic hydroxyl groups is 1. The number of benzene rings is 1. The summed E-state index contributed by atoms with van der Waals surface area (Å²) in [6.07, 6.45) is 4.57. The molecule has 0 spiro atoms. The molecular weight excluding hydrogens is 198 g/mol. The topological polar surface area (TPSA) is 32.3 Å². The molecule has 2 unspecified atom stereocenters. The molecule has 1 aromatic rings. The highest BCUT2D eigenvalue weighted by molar-refractivity contribution is 5.29. The van der Waals surface area contributed by atoms with E-state index in [0.29, 0.717) is 6.04 Å². The molecule has 2 rings (SSSR count). The van der Waals surface area contributed by atoms with Gasteiger partial charge in [-0.15, -0.1) is 0 Å². The van der Waals surface area contributed by atoms with Crippen molar-refractivity contribution < 1.29 is 5.11 Å². The summed E-state index contributed by atoms with van der Waals surface area (Å²) in [6, 6.07) is 8.82. The van der Waals surface area contributed by atoms with Gasteiger partial charge in [-0.2, -0.15) is 0 Å². The molecule has 2 N–H and O–H groups in total. The first kappa shape index (κ1) is 11.6. The molecule has 16 heavy (non-hydrogen) atoms. The summed E-state index contributed by atoms with van der Waals surface area (Å²) in [6.45, 7) is 2.98. The molecule has 0 amide bonds. The van der Waals surface area contributed by atoms with E-state index in [4.69, 9.17) is 0 Å². The van der Waals surface area contributed by atoms with Crippen molar-refractivity contribution in [3.63, 3.8) is 0 Å². The maximum absolute atomic E-state index is 9.71. The van der Waals surface area contributed by atoms with Crippen molar-refractivity contribution in [3.05, 3.63) is 35.4 Å². The Morgan fingerprint density at radius 3 is 2.88 bits per heavy atom. The van der Waals surface area contributed by atoms with Gasteiger partial charge < -0.3 is 10.4 Å². The van der Waals surface area contributed by atoms with E-state index in [2.05, 4.69) is 17.4 Å². The Balaban J connectivity index is 2.07. The molecule has 1 aliphatic rings. The van der Waals surface area contributed by atoms with Crippen LogP contribution in [0.2, 0.25) is 0 Å². The van der Waals surface area contributed by atoms with Crippen LogP contribution in [0.1, 0.15) is 43.4 Å². The van der Waals surface area contributed by atoms with Crippen molar-refractivity contribution >= 4 is 0 Å². The van der Waals surface area contributed by atoms with E-state index in [1.54, 1.807) is 0 Å². The molecule has 0 saturated carbocycles. The quantitative estimate of drug-likeness (QED) is 0.818. The van der Waals surface area contributed by atoms with Gasteiger partial charge in [-0.1, -0.05) is 30.7 Å². The molecule has 1 aromatic carbocycles. The summed E-state index contributed by atoms with van der Waals surface area (Å²) in [5, 5.41) is 13.3. The summed E-state index contributed by atoms with van der Waals surface area (Å²) in [4.78, 5) is 0. The molecule has 2 heteroatoms. The molecule has 0 bridgehead atoms. The van der Waals surface area contributed by atoms with Crippen LogP contribution in [-0.4, -0.2) is 17.7 Å². The Morgan fingerprint density at radius 1 is 1.38 bits per heavy atom. The first-order valence-electron chi connectivity index (χ1n) is 6.26. The molecule has 1 fully saturated rings. The second-order valence-electron chi connectivity index (χ2n) is 4.73. The Hall–Kier alpha value is -0.860. The van der Waals surface area contributed by atoms with E-state index >= 15 is 0 Å². The molecule has 88 valence electrons. The lowest BCUT2D eigenvalue weighted by Crippen LogP contribution is -2.35. The van der Waals surface area contributed by atoms with Gasteiger partial charge in [0.05, 0.1) is 6.10 Å². The van der Waals surface area contributed by atoms with E-state index in [1.807, 2.05) is 19.1 Å². The lowest BCUT2D eigenvalue weighted by Gasteiger charge is -2.24. The van der Waals surface area contributed by atoms with E-state index < -0.39 is 0 Å². The zero-order valence-electron chi connectivity index (χ0n) is 9.95. The van der Waals surface area contributed by atoms with Gasteiger partial charge in [-0.3, -0.25) is 0 Å². The van der Waals surface area contributed by atoms with Gasteiger partial charge in [0.15, 0.2) is 0 Å². The zero-order valence-corrected chi connectivity index (χ0v) is 9.95. The molecule has 1 saturated heterocycles. The van der Waals surface area contributed by atoms with E-state index in [9.17, 15) is 5.11 Å². The molecule has 0 radical (unpaired) electrons. The number of nitrogens with one attached hydrogen (secondary N) is 1. The minimum Gasteiger partial charge on any atom is -0.389 e. The van der Waals surface area contributed by atoms with Gasteiger partial charge in [0, 0.05) is 6.04 Å². The van der Waals surface area contributed by atoms with Crippen molar-refractivity contribution in [1.82, 2.24) is 5.32 Å². The zero-order chi connectivity index (χ0) is 11.4. The summed E-state index contributed by atoms with van der Waals surface area (Å²) in [5.41, 5.74) is 2.37. The predicted octanol–water partition coefficient (Wildman–Crippen LogP) is 2.42. The Kier molecular flexibility index (Phi) is 3.97. The van der Waals surface area contributed by atoms with Crippen molar-refractivity contribution in [2.75, 3.05) is 6.54 Å². The average Bonchev–Trinajstić information content (AvgIpc) is 2.31. The van der Waals surface area contributed by atoms with Crippen LogP contribution in [0.4, 0.5) is 0 Å². The third kappa shape index (κ3) is 2.83. The minimum atomic E-state index is -0.361. The van der Waals surface area contributed by atoms with Crippen LogP contribution in [0.15, 0.2) is 24.3 Å². The highest BCUT2D eigenvalue weighted by Gasteiger charge is 2.15. The molecule has 1 heterocycles. The SMILES string of the molecule is CC(O)c1ccccc1CC1CCCCN1. The third-order valence-electron chi connectivity index (χ3n) is 3.38. The monoisotopic (exact) mass is 219 g/mol. The highest BCUT2D eigenvalue weighted by Crippen LogP contribution is 2.21. The molecule has 2 atom stereocenters. The molecule has 0 aliphatic carbocycles. The fourth-order valence-corrected chi connectivity index (χ4v) is 2.49. The van der Waals surface area contributed by atoms with Gasteiger partial charge in [0.1, 0.15) is 0 Å². The van der Waals surface area contributed by atoms with Gasteiger partial charge in [-0.05, 0) is 43.9 Å². The fourth-order valence-electron chi connectivity index (χ4n) is 2.49. The molecule has 2 nitrogen and oxygen atoms in total. The van der Waals surface area contributed by atoms with E-state index in [1.165, 1.54) is 24.8 Å². The Bertz CT molecular complexity index is 329. The number of aliphatic hydroxyl groups excluding tert-OH is 1. The van der Waals surface area contributed by atoms with Crippen LogP contribution in [0.5, 0.6) is 0 Å². The van der Waals surface area contributed by atoms with Gasteiger partial charge in [0.25, 0.3) is 0 Å². The fraction of sp³-hybridized carbons (Fsp3) is 0.571. The van der Waals surface area contributed by atoms with Crippen LogP contribution >= 0.6 is 0 Å². The normalized spacial score (nSPS) is 23.0. The summed E-state index contributed by atoms with van der Waals surface area (Å²) < 4.78 is 0. The average molecular weight is 219 g/mol. The molecule has 0 aromatic heterocycles. The van der Waals surface area contributed by atoms with E-state index in [0.717, 1.165) is 18.5 Å². The Morgan fingerprint density at radius 2 is 2.19 bits per heavy atom. The number of hydrogen-bond donors (Lipinski definition) is 2. The standard InChI is InChI=1S/C14H21NO/c1-11(16)14-8-3-2-6-12(14)10-13-7-4-5-9-15-13/h2-3,6,8,11,13,15-16H,4-5,7,9-10H2,1H3.